The highest BCUT2D eigenvalue weighted by Crippen LogP contribution is 2.14. The molecule has 2 aromatic carbocycles. The van der Waals surface area contributed by atoms with Gasteiger partial charge in [-0.15, -0.1) is 10.2 Å². The number of ether oxygens (including phenoxy) is 1. The second kappa shape index (κ2) is 7.60. The fourth-order valence-corrected chi connectivity index (χ4v) is 2.39. The van der Waals surface area contributed by atoms with Gasteiger partial charge in [-0.25, -0.2) is 0 Å². The number of rotatable bonds is 6. The molecule has 0 spiro atoms. The third-order valence-corrected chi connectivity index (χ3v) is 3.85. The zero-order valence-corrected chi connectivity index (χ0v) is 14.4. The van der Waals surface area contributed by atoms with Gasteiger partial charge in [0.1, 0.15) is 11.4 Å². The number of Topliss-reactive ketones (excluding diaryl/α,β-unsaturated/α-hetero) is 1. The molecule has 1 heterocycles. The number of H-pyrrole nitrogens is 1. The maximum absolute atomic E-state index is 12.2. The fourth-order valence-electron chi connectivity index (χ4n) is 2.39. The van der Waals surface area contributed by atoms with E-state index in [2.05, 4.69) is 20.5 Å². The van der Waals surface area contributed by atoms with E-state index in [1.54, 1.807) is 31.4 Å². The average molecular weight is 350 g/mol. The standard InChI is InChI=1S/C19H18N4O3/c1-12(24)14-5-7-15(8-6-14)20-19-21-18(25)17(22-23-19)11-13-3-9-16(26-2)10-4-13/h3-10H,11H2,1-2H3,(H2,20,21,23,25). The van der Waals surface area contributed by atoms with E-state index < -0.39 is 0 Å². The van der Waals surface area contributed by atoms with Crippen LogP contribution in [0.1, 0.15) is 28.5 Å². The minimum Gasteiger partial charge on any atom is -0.497 e. The van der Waals surface area contributed by atoms with Crippen molar-refractivity contribution in [3.63, 3.8) is 0 Å². The van der Waals surface area contributed by atoms with E-state index in [1.165, 1.54) is 6.92 Å². The fraction of sp³-hybridized carbons (Fsp3) is 0.158. The van der Waals surface area contributed by atoms with Crippen LogP contribution >= 0.6 is 0 Å². The summed E-state index contributed by atoms with van der Waals surface area (Å²) in [6.45, 7) is 1.51. The number of nitrogens with one attached hydrogen (secondary N) is 2. The largest absolute Gasteiger partial charge is 0.497 e. The predicted molar refractivity (Wildman–Crippen MR) is 98.2 cm³/mol. The monoisotopic (exact) mass is 350 g/mol. The van der Waals surface area contributed by atoms with Crippen LogP contribution in [-0.2, 0) is 6.42 Å². The third kappa shape index (κ3) is 4.13. The summed E-state index contributed by atoms with van der Waals surface area (Å²) < 4.78 is 5.11. The number of methoxy groups -OCH3 is 1. The van der Waals surface area contributed by atoms with Crippen LogP contribution in [-0.4, -0.2) is 28.1 Å². The molecule has 0 aliphatic rings. The number of carbonyl (C=O) groups is 1. The molecule has 0 saturated carbocycles. The lowest BCUT2D eigenvalue weighted by Crippen LogP contribution is -2.18. The number of carbonyl (C=O) groups excluding carboxylic acids is 1. The van der Waals surface area contributed by atoms with Crippen LogP contribution in [0.2, 0.25) is 0 Å². The molecule has 7 nitrogen and oxygen atoms in total. The van der Waals surface area contributed by atoms with Crippen LogP contribution in [0.3, 0.4) is 0 Å². The van der Waals surface area contributed by atoms with Gasteiger partial charge in [0.2, 0.25) is 5.95 Å². The number of aromatic nitrogens is 3. The van der Waals surface area contributed by atoms with Gasteiger partial charge in [-0.3, -0.25) is 14.6 Å². The van der Waals surface area contributed by atoms with Crippen molar-refractivity contribution in [3.05, 3.63) is 75.7 Å². The van der Waals surface area contributed by atoms with Crippen molar-refractivity contribution in [2.45, 2.75) is 13.3 Å². The Balaban J connectivity index is 1.72. The molecule has 2 N–H and O–H groups in total. The summed E-state index contributed by atoms with van der Waals surface area (Å²) in [4.78, 5) is 26.2. The lowest BCUT2D eigenvalue weighted by Gasteiger charge is -2.06. The summed E-state index contributed by atoms with van der Waals surface area (Å²) in [5.74, 6) is 0.987. The van der Waals surface area contributed by atoms with E-state index in [-0.39, 0.29) is 17.3 Å². The highest BCUT2D eigenvalue weighted by atomic mass is 16.5. The highest BCUT2D eigenvalue weighted by molar-refractivity contribution is 5.94. The molecular weight excluding hydrogens is 332 g/mol. The summed E-state index contributed by atoms with van der Waals surface area (Å²) in [5.41, 5.74) is 2.27. The Morgan fingerprint density at radius 3 is 2.35 bits per heavy atom. The Morgan fingerprint density at radius 2 is 1.77 bits per heavy atom. The van der Waals surface area contributed by atoms with Crippen LogP contribution in [0.15, 0.2) is 53.3 Å². The zero-order chi connectivity index (χ0) is 18.5. The molecule has 0 aliphatic heterocycles. The van der Waals surface area contributed by atoms with Crippen LogP contribution in [0.25, 0.3) is 0 Å². The molecule has 0 amide bonds. The first-order chi connectivity index (χ1) is 12.5. The molecule has 0 fully saturated rings. The number of benzene rings is 2. The molecule has 0 bridgehead atoms. The van der Waals surface area contributed by atoms with E-state index in [1.807, 2.05) is 24.3 Å². The molecule has 0 saturated heterocycles. The molecular formula is C19H18N4O3. The van der Waals surface area contributed by atoms with Crippen molar-refractivity contribution in [2.75, 3.05) is 12.4 Å². The van der Waals surface area contributed by atoms with Crippen LogP contribution in [0.4, 0.5) is 11.6 Å². The Hall–Kier alpha value is -3.48. The Bertz CT molecular complexity index is 963. The third-order valence-electron chi connectivity index (χ3n) is 3.85. The highest BCUT2D eigenvalue weighted by Gasteiger charge is 2.07. The average Bonchev–Trinajstić information content (AvgIpc) is 2.65. The van der Waals surface area contributed by atoms with Crippen LogP contribution in [0, 0.1) is 0 Å². The van der Waals surface area contributed by atoms with Gasteiger partial charge < -0.3 is 10.1 Å². The molecule has 0 unspecified atom stereocenters. The van der Waals surface area contributed by atoms with Crippen molar-refractivity contribution in [2.24, 2.45) is 0 Å². The molecule has 132 valence electrons. The summed E-state index contributed by atoms with van der Waals surface area (Å²) in [6.07, 6.45) is 0.375. The maximum Gasteiger partial charge on any atom is 0.274 e. The Kier molecular flexibility index (Phi) is 5.07. The van der Waals surface area contributed by atoms with Crippen molar-refractivity contribution in [1.82, 2.24) is 15.2 Å². The van der Waals surface area contributed by atoms with Gasteiger partial charge in [0, 0.05) is 17.7 Å². The Morgan fingerprint density at radius 1 is 1.08 bits per heavy atom. The number of ketones is 1. The number of hydrogen-bond donors (Lipinski definition) is 2. The Labute approximate surface area is 150 Å². The lowest BCUT2D eigenvalue weighted by molar-refractivity contribution is 0.101. The zero-order valence-electron chi connectivity index (χ0n) is 14.4. The molecule has 0 aliphatic carbocycles. The molecule has 0 atom stereocenters. The van der Waals surface area contributed by atoms with Crippen LogP contribution < -0.4 is 15.6 Å². The van der Waals surface area contributed by atoms with E-state index in [0.717, 1.165) is 11.3 Å². The summed E-state index contributed by atoms with van der Waals surface area (Å²) in [5, 5.41) is 11.0. The summed E-state index contributed by atoms with van der Waals surface area (Å²) in [7, 11) is 1.60. The summed E-state index contributed by atoms with van der Waals surface area (Å²) in [6, 6.07) is 14.3. The van der Waals surface area contributed by atoms with Crippen molar-refractivity contribution >= 4 is 17.4 Å². The van der Waals surface area contributed by atoms with Crippen molar-refractivity contribution in [3.8, 4) is 5.75 Å². The number of anilines is 2. The molecule has 26 heavy (non-hydrogen) atoms. The van der Waals surface area contributed by atoms with Gasteiger partial charge in [-0.2, -0.15) is 0 Å². The van der Waals surface area contributed by atoms with Crippen LogP contribution in [0.5, 0.6) is 5.75 Å². The van der Waals surface area contributed by atoms with Gasteiger partial charge in [-0.1, -0.05) is 12.1 Å². The van der Waals surface area contributed by atoms with E-state index in [0.29, 0.717) is 23.4 Å². The number of hydrogen-bond acceptors (Lipinski definition) is 6. The van der Waals surface area contributed by atoms with Gasteiger partial charge in [0.05, 0.1) is 7.11 Å². The molecule has 3 rings (SSSR count). The molecule has 7 heteroatoms. The lowest BCUT2D eigenvalue weighted by atomic mass is 10.1. The molecule has 0 radical (unpaired) electrons. The SMILES string of the molecule is COc1ccc(Cc2nnc(Nc3ccc(C(C)=O)cc3)[nH]c2=O)cc1. The minimum atomic E-state index is -0.307. The number of aromatic amines is 1. The first-order valence-corrected chi connectivity index (χ1v) is 8.02. The maximum atomic E-state index is 12.2. The van der Waals surface area contributed by atoms with Gasteiger partial charge in [0.25, 0.3) is 5.56 Å². The van der Waals surface area contributed by atoms with E-state index in [4.69, 9.17) is 4.74 Å². The second-order valence-electron chi connectivity index (χ2n) is 5.73. The van der Waals surface area contributed by atoms with Gasteiger partial charge >= 0.3 is 0 Å². The minimum absolute atomic E-state index is 0.00682. The summed E-state index contributed by atoms with van der Waals surface area (Å²) >= 11 is 0. The topological polar surface area (TPSA) is 97.0 Å². The normalized spacial score (nSPS) is 10.4. The van der Waals surface area contributed by atoms with Gasteiger partial charge in [-0.05, 0) is 48.9 Å². The van der Waals surface area contributed by atoms with E-state index >= 15 is 0 Å². The van der Waals surface area contributed by atoms with Crippen molar-refractivity contribution < 1.29 is 9.53 Å². The van der Waals surface area contributed by atoms with E-state index in [9.17, 15) is 9.59 Å². The van der Waals surface area contributed by atoms with Crippen molar-refractivity contribution in [1.29, 1.82) is 0 Å². The smallest absolute Gasteiger partial charge is 0.274 e. The predicted octanol–water partition coefficient (Wildman–Crippen LogP) is 2.71. The quantitative estimate of drug-likeness (QED) is 0.664. The second-order valence-corrected chi connectivity index (χ2v) is 5.73. The molecule has 1 aromatic heterocycles. The number of nitrogens with zero attached hydrogens (tertiary/aromatic N) is 2. The first kappa shape index (κ1) is 17.3. The van der Waals surface area contributed by atoms with Gasteiger partial charge in [0.15, 0.2) is 5.78 Å². The first-order valence-electron chi connectivity index (χ1n) is 8.02. The molecule has 3 aromatic rings.